The molecular formula is C8H6ClIN4OS. The number of hydrogen-bond donors (Lipinski definition) is 0. The second-order valence-electron chi connectivity index (χ2n) is 3.58. The van der Waals surface area contributed by atoms with Crippen molar-refractivity contribution in [2.24, 2.45) is 0 Å². The van der Waals surface area contributed by atoms with Gasteiger partial charge in [0.25, 0.3) is 0 Å². The van der Waals surface area contributed by atoms with Crippen LogP contribution in [0.5, 0.6) is 0 Å². The Morgan fingerprint density at radius 1 is 1.50 bits per heavy atom. The van der Waals surface area contributed by atoms with E-state index in [4.69, 9.17) is 11.6 Å². The summed E-state index contributed by atoms with van der Waals surface area (Å²) in [5, 5.41) is 0.876. The molecule has 8 heteroatoms. The van der Waals surface area contributed by atoms with E-state index in [9.17, 15) is 4.55 Å². The fourth-order valence-corrected chi connectivity index (χ4v) is 4.06. The maximum Gasteiger partial charge on any atom is 0.326 e. The molecule has 84 valence electrons. The first-order valence-corrected chi connectivity index (χ1v) is 7.35. The third-order valence-corrected chi connectivity index (χ3v) is 4.70. The molecule has 2 aromatic heterocycles. The fraction of sp³-hybridized carbons (Fsp3) is 0.375. The van der Waals surface area contributed by atoms with Crippen molar-refractivity contribution in [2.45, 2.75) is 18.1 Å². The van der Waals surface area contributed by atoms with Gasteiger partial charge in [-0.3, -0.25) is 4.57 Å². The molecule has 2 atom stereocenters. The third-order valence-electron chi connectivity index (χ3n) is 2.47. The number of imidazole rings is 1. The quantitative estimate of drug-likeness (QED) is 0.308. The first-order valence-electron chi connectivity index (χ1n) is 4.57. The first kappa shape index (κ1) is 11.0. The number of aromatic nitrogens is 4. The molecule has 0 spiro atoms. The van der Waals surface area contributed by atoms with Crippen LogP contribution in [0.1, 0.15) is 13.0 Å². The fourth-order valence-electron chi connectivity index (χ4n) is 1.82. The minimum absolute atomic E-state index is 0.141. The van der Waals surface area contributed by atoms with Crippen LogP contribution in [0.3, 0.4) is 0 Å². The molecule has 16 heavy (non-hydrogen) atoms. The zero-order chi connectivity index (χ0) is 11.4. The van der Waals surface area contributed by atoms with Crippen LogP contribution in [0.15, 0.2) is 5.16 Å². The molecule has 1 unspecified atom stereocenters. The largest absolute Gasteiger partial charge is 0.609 e. The van der Waals surface area contributed by atoms with Crippen molar-refractivity contribution in [3.63, 3.8) is 0 Å². The molecular weight excluding hydrogens is 363 g/mol. The highest BCUT2D eigenvalue weighted by Crippen LogP contribution is 2.33. The molecule has 2 aromatic rings. The Kier molecular flexibility index (Phi) is 2.54. The molecule has 0 N–H and O–H groups in total. The maximum atomic E-state index is 11.8. The Labute approximate surface area is 113 Å². The highest BCUT2D eigenvalue weighted by Gasteiger charge is 2.36. The Morgan fingerprint density at radius 3 is 3.00 bits per heavy atom. The van der Waals surface area contributed by atoms with Gasteiger partial charge in [-0.05, 0) is 6.92 Å². The van der Waals surface area contributed by atoms with Gasteiger partial charge in [-0.25, -0.2) is 9.97 Å². The van der Waals surface area contributed by atoms with Crippen molar-refractivity contribution in [3.8, 4) is 0 Å². The van der Waals surface area contributed by atoms with E-state index in [0.717, 1.165) is 0 Å². The van der Waals surface area contributed by atoms with Gasteiger partial charge in [0.15, 0.2) is 20.1 Å². The predicted octanol–water partition coefficient (Wildman–Crippen LogP) is 1.77. The Balaban J connectivity index is 2.40. The zero-order valence-corrected chi connectivity index (χ0v) is 11.9. The van der Waals surface area contributed by atoms with E-state index in [-0.39, 0.29) is 6.04 Å². The van der Waals surface area contributed by atoms with E-state index >= 15 is 0 Å². The maximum absolute atomic E-state index is 11.8. The number of fused-ring (bicyclic) bond motifs is 3. The van der Waals surface area contributed by atoms with E-state index < -0.39 is 11.2 Å². The van der Waals surface area contributed by atoms with E-state index in [1.54, 1.807) is 0 Å². The molecule has 0 aromatic carbocycles. The standard InChI is InChI=1S/C8H6ClIN4OS/c1-3-2-16(15)8-11-4-5(9)12-7(10)13-6(4)14(3)8/h3H,2H2,1H3/t3-,16?/m1/s1. The van der Waals surface area contributed by atoms with Gasteiger partial charge in [0, 0.05) is 33.8 Å². The molecule has 0 radical (unpaired) electrons. The Morgan fingerprint density at radius 2 is 2.25 bits per heavy atom. The summed E-state index contributed by atoms with van der Waals surface area (Å²) in [7, 11) is 0. The third kappa shape index (κ3) is 1.45. The average molecular weight is 369 g/mol. The van der Waals surface area contributed by atoms with E-state index in [0.29, 0.717) is 31.1 Å². The molecule has 5 nitrogen and oxygen atoms in total. The van der Waals surface area contributed by atoms with Crippen molar-refractivity contribution in [3.05, 3.63) is 8.98 Å². The molecule has 0 fully saturated rings. The number of nitrogens with zero attached hydrogens (tertiary/aromatic N) is 4. The van der Waals surface area contributed by atoms with Gasteiger partial charge in [-0.1, -0.05) is 11.6 Å². The summed E-state index contributed by atoms with van der Waals surface area (Å²) in [6.07, 6.45) is 0. The van der Waals surface area contributed by atoms with Crippen molar-refractivity contribution in [2.75, 3.05) is 5.75 Å². The monoisotopic (exact) mass is 368 g/mol. The molecule has 0 bridgehead atoms. The summed E-state index contributed by atoms with van der Waals surface area (Å²) in [6.45, 7) is 2.00. The summed E-state index contributed by atoms with van der Waals surface area (Å²) < 4.78 is 14.2. The number of hydrogen-bond acceptors (Lipinski definition) is 4. The Bertz CT molecular complexity index is 589. The van der Waals surface area contributed by atoms with Crippen LogP contribution in [0.2, 0.25) is 5.15 Å². The summed E-state index contributed by atoms with van der Waals surface area (Å²) in [5.41, 5.74) is 1.22. The second kappa shape index (κ2) is 3.69. The average Bonchev–Trinajstić information content (AvgIpc) is 2.67. The lowest BCUT2D eigenvalue weighted by Gasteiger charge is -2.02. The summed E-state index contributed by atoms with van der Waals surface area (Å²) in [6, 6.07) is 0.141. The number of halogens is 2. The van der Waals surface area contributed by atoms with Crippen LogP contribution < -0.4 is 0 Å². The van der Waals surface area contributed by atoms with Crippen LogP contribution in [-0.2, 0) is 11.2 Å². The van der Waals surface area contributed by atoms with Gasteiger partial charge in [-0.2, -0.15) is 4.98 Å². The van der Waals surface area contributed by atoms with E-state index in [2.05, 4.69) is 15.0 Å². The minimum atomic E-state index is -1.05. The van der Waals surface area contributed by atoms with Crippen LogP contribution in [0.25, 0.3) is 11.2 Å². The van der Waals surface area contributed by atoms with Crippen molar-refractivity contribution in [1.29, 1.82) is 0 Å². The van der Waals surface area contributed by atoms with Crippen molar-refractivity contribution < 1.29 is 4.55 Å². The van der Waals surface area contributed by atoms with Gasteiger partial charge in [-0.15, -0.1) is 0 Å². The normalized spacial score (nSPS) is 24.0. The SMILES string of the molecule is C[C@@H]1C[S+]([O-])c2nc3c(Cl)nc(I)nc3n21. The molecule has 0 saturated heterocycles. The van der Waals surface area contributed by atoms with Gasteiger partial charge in [0.05, 0.1) is 6.04 Å². The summed E-state index contributed by atoms with van der Waals surface area (Å²) in [4.78, 5) is 12.6. The molecule has 0 saturated carbocycles. The minimum Gasteiger partial charge on any atom is -0.609 e. The van der Waals surface area contributed by atoms with Gasteiger partial charge in [0.1, 0.15) is 5.75 Å². The highest BCUT2D eigenvalue weighted by molar-refractivity contribution is 14.1. The van der Waals surface area contributed by atoms with Gasteiger partial charge in [0.2, 0.25) is 0 Å². The first-order chi connectivity index (χ1) is 7.58. The topological polar surface area (TPSA) is 66.7 Å². The lowest BCUT2D eigenvalue weighted by atomic mass is 10.4. The smallest absolute Gasteiger partial charge is 0.326 e. The van der Waals surface area contributed by atoms with Crippen molar-refractivity contribution in [1.82, 2.24) is 19.5 Å². The number of rotatable bonds is 0. The van der Waals surface area contributed by atoms with E-state index in [1.165, 1.54) is 0 Å². The predicted molar refractivity (Wildman–Crippen MR) is 69.0 cm³/mol. The van der Waals surface area contributed by atoms with Crippen LogP contribution in [0, 0.1) is 3.83 Å². The van der Waals surface area contributed by atoms with E-state index in [1.807, 2.05) is 34.1 Å². The molecule has 3 heterocycles. The van der Waals surface area contributed by atoms with Gasteiger partial charge >= 0.3 is 5.16 Å². The molecule has 0 amide bonds. The summed E-state index contributed by atoms with van der Waals surface area (Å²) >= 11 is 6.95. The van der Waals surface area contributed by atoms with Crippen molar-refractivity contribution >= 4 is 56.5 Å². The highest BCUT2D eigenvalue weighted by atomic mass is 127. The Hall–Kier alpha value is -0.120. The molecule has 1 aliphatic heterocycles. The van der Waals surface area contributed by atoms with Gasteiger partial charge < -0.3 is 4.55 Å². The van der Waals surface area contributed by atoms with Crippen LogP contribution >= 0.6 is 34.2 Å². The van der Waals surface area contributed by atoms with Crippen LogP contribution in [0.4, 0.5) is 0 Å². The lowest BCUT2D eigenvalue weighted by Crippen LogP contribution is -2.05. The lowest BCUT2D eigenvalue weighted by molar-refractivity contribution is 0.592. The second-order valence-corrected chi connectivity index (χ2v) is 6.29. The molecule has 1 aliphatic rings. The summed E-state index contributed by atoms with van der Waals surface area (Å²) in [5.74, 6) is 0.594. The zero-order valence-electron chi connectivity index (χ0n) is 8.15. The van der Waals surface area contributed by atoms with Crippen LogP contribution in [-0.4, -0.2) is 29.8 Å². The molecule has 0 aliphatic carbocycles. The molecule has 3 rings (SSSR count).